The summed E-state index contributed by atoms with van der Waals surface area (Å²) in [6.45, 7) is 0.867. The van der Waals surface area contributed by atoms with Gasteiger partial charge in [0.2, 0.25) is 5.52 Å². The molecule has 4 aromatic heterocycles. The van der Waals surface area contributed by atoms with Gasteiger partial charge in [0, 0.05) is 18.0 Å². The molecule has 0 aliphatic carbocycles. The number of aromatic nitrogens is 4. The zero-order valence-electron chi connectivity index (χ0n) is 13.5. The lowest BCUT2D eigenvalue weighted by atomic mass is 10.2. The van der Waals surface area contributed by atoms with Crippen LogP contribution >= 0.6 is 0 Å². The number of imidazole rings is 1. The first kappa shape index (κ1) is 13.0. The average Bonchev–Trinajstić information content (AvgIpc) is 3.30. The van der Waals surface area contributed by atoms with Gasteiger partial charge in [-0.2, -0.15) is 4.57 Å². The molecule has 1 aromatic carbocycles. The molecule has 0 atom stereocenters. The van der Waals surface area contributed by atoms with Crippen molar-refractivity contribution < 1.29 is 4.57 Å². The fourth-order valence-corrected chi connectivity index (χ4v) is 4.02. The monoisotopic (exact) mass is 323 g/mol. The van der Waals surface area contributed by atoms with E-state index >= 15 is 0 Å². The van der Waals surface area contributed by atoms with Crippen LogP contribution in [0.15, 0.2) is 79.3 Å². The van der Waals surface area contributed by atoms with Crippen molar-refractivity contribution >= 4 is 16.6 Å². The van der Waals surface area contributed by atoms with Gasteiger partial charge in [-0.25, -0.2) is 9.55 Å². The third-order valence-corrected chi connectivity index (χ3v) is 5.06. The molecule has 0 saturated heterocycles. The molecule has 5 heterocycles. The number of pyridine rings is 2. The lowest BCUT2D eigenvalue weighted by Gasteiger charge is -2.02. The van der Waals surface area contributed by atoms with Gasteiger partial charge in [-0.05, 0) is 30.3 Å². The van der Waals surface area contributed by atoms with Crippen LogP contribution in [-0.4, -0.2) is 14.0 Å². The second kappa shape index (κ2) is 4.57. The second-order valence-electron chi connectivity index (χ2n) is 6.45. The maximum Gasteiger partial charge on any atom is 0.314 e. The number of rotatable bonds is 1. The predicted octanol–water partition coefficient (Wildman–Crippen LogP) is 3.59. The first-order valence-corrected chi connectivity index (χ1v) is 8.45. The number of hydrogen-bond acceptors (Lipinski definition) is 1. The van der Waals surface area contributed by atoms with Crippen molar-refractivity contribution in [1.29, 1.82) is 0 Å². The third kappa shape index (κ3) is 1.61. The van der Waals surface area contributed by atoms with Crippen molar-refractivity contribution in [2.75, 3.05) is 0 Å². The summed E-state index contributed by atoms with van der Waals surface area (Å²) in [7, 11) is 0. The molecule has 0 unspecified atom stereocenters. The Labute approximate surface area is 144 Å². The Hall–Kier alpha value is -3.40. The van der Waals surface area contributed by atoms with Crippen LogP contribution in [0.2, 0.25) is 0 Å². The molecular weight excluding hydrogens is 308 g/mol. The summed E-state index contributed by atoms with van der Waals surface area (Å²) in [6.07, 6.45) is 6.21. The average molecular weight is 323 g/mol. The summed E-state index contributed by atoms with van der Waals surface area (Å²) in [5.41, 5.74) is 7.20. The minimum atomic E-state index is 0.867. The largest absolute Gasteiger partial charge is 0.316 e. The third-order valence-electron chi connectivity index (χ3n) is 5.06. The topological polar surface area (TPSA) is 26.1 Å². The van der Waals surface area contributed by atoms with Crippen LogP contribution < -0.4 is 4.57 Å². The number of nitrogens with zero attached hydrogens (tertiary/aromatic N) is 4. The summed E-state index contributed by atoms with van der Waals surface area (Å²) in [4.78, 5) is 4.69. The molecule has 0 amide bonds. The van der Waals surface area contributed by atoms with Crippen LogP contribution in [0.25, 0.3) is 33.8 Å². The van der Waals surface area contributed by atoms with Crippen LogP contribution in [0.4, 0.5) is 0 Å². The molecular formula is C21H15N4+. The first-order chi connectivity index (χ1) is 12.4. The van der Waals surface area contributed by atoms with Crippen molar-refractivity contribution in [2.24, 2.45) is 0 Å². The second-order valence-corrected chi connectivity index (χ2v) is 6.45. The molecule has 6 rings (SSSR count). The first-order valence-electron chi connectivity index (χ1n) is 8.45. The smallest absolute Gasteiger partial charge is 0.314 e. The highest BCUT2D eigenvalue weighted by Gasteiger charge is 2.37. The lowest BCUT2D eigenvalue weighted by Crippen LogP contribution is -2.31. The molecule has 0 bridgehead atoms. The van der Waals surface area contributed by atoms with Crippen molar-refractivity contribution in [3.8, 4) is 17.2 Å². The number of benzene rings is 1. The molecule has 0 saturated carbocycles. The maximum absolute atomic E-state index is 4.69. The molecule has 25 heavy (non-hydrogen) atoms. The van der Waals surface area contributed by atoms with E-state index in [0.717, 1.165) is 23.8 Å². The Morgan fingerprint density at radius 2 is 1.80 bits per heavy atom. The highest BCUT2D eigenvalue weighted by molar-refractivity contribution is 5.94. The molecule has 0 spiro atoms. The summed E-state index contributed by atoms with van der Waals surface area (Å²) >= 11 is 0. The SMILES string of the molecule is c1ccc(-n2c3[n+](c4cn5ccccc5c42)Cc2cccnc2-3)cc1. The summed E-state index contributed by atoms with van der Waals surface area (Å²) in [5, 5.41) is 0. The molecule has 5 aromatic rings. The van der Waals surface area contributed by atoms with Crippen molar-refractivity contribution in [2.45, 2.75) is 6.54 Å². The minimum Gasteiger partial charge on any atom is -0.316 e. The van der Waals surface area contributed by atoms with Gasteiger partial charge < -0.3 is 4.40 Å². The van der Waals surface area contributed by atoms with Gasteiger partial charge in [-0.1, -0.05) is 30.3 Å². The molecule has 0 radical (unpaired) electrons. The van der Waals surface area contributed by atoms with E-state index in [1.165, 1.54) is 22.1 Å². The molecule has 4 heteroatoms. The van der Waals surface area contributed by atoms with E-state index < -0.39 is 0 Å². The Balaban J connectivity index is 1.84. The Bertz CT molecular complexity index is 1260. The normalized spacial score (nSPS) is 12.6. The van der Waals surface area contributed by atoms with Gasteiger partial charge in [0.25, 0.3) is 0 Å². The zero-order valence-corrected chi connectivity index (χ0v) is 13.5. The van der Waals surface area contributed by atoms with Crippen LogP contribution in [0, 0.1) is 0 Å². The molecule has 4 nitrogen and oxygen atoms in total. The molecule has 0 N–H and O–H groups in total. The minimum absolute atomic E-state index is 0.867. The molecule has 0 fully saturated rings. The highest BCUT2D eigenvalue weighted by atomic mass is 15.2. The fourth-order valence-electron chi connectivity index (χ4n) is 4.02. The lowest BCUT2D eigenvalue weighted by molar-refractivity contribution is -0.645. The summed E-state index contributed by atoms with van der Waals surface area (Å²) in [6, 6.07) is 21.1. The van der Waals surface area contributed by atoms with Crippen molar-refractivity contribution in [3.63, 3.8) is 0 Å². The van der Waals surface area contributed by atoms with E-state index in [2.05, 4.69) is 80.5 Å². The van der Waals surface area contributed by atoms with E-state index in [0.29, 0.717) is 0 Å². The number of fused-ring (bicyclic) bond motifs is 7. The molecule has 118 valence electrons. The maximum atomic E-state index is 4.69. The Morgan fingerprint density at radius 3 is 2.72 bits per heavy atom. The number of hydrogen-bond donors (Lipinski definition) is 0. The Morgan fingerprint density at radius 1 is 0.920 bits per heavy atom. The standard InChI is InChI=1S/C21H15N4/c1-2-8-16(9-3-1)25-20-17-10-4-5-12-23(17)14-18(20)24-13-15-7-6-11-22-19(15)21(24)25/h1-12,14H,13H2/q+1. The molecule has 1 aliphatic rings. The van der Waals surface area contributed by atoms with Crippen LogP contribution in [0.1, 0.15) is 5.56 Å². The number of para-hydroxylation sites is 1. The van der Waals surface area contributed by atoms with Gasteiger partial charge in [-0.15, -0.1) is 0 Å². The van der Waals surface area contributed by atoms with Crippen molar-refractivity contribution in [3.05, 3.63) is 84.8 Å². The van der Waals surface area contributed by atoms with Crippen LogP contribution in [0.3, 0.4) is 0 Å². The van der Waals surface area contributed by atoms with E-state index in [9.17, 15) is 0 Å². The van der Waals surface area contributed by atoms with Gasteiger partial charge in [0.05, 0.1) is 11.7 Å². The van der Waals surface area contributed by atoms with Gasteiger partial charge >= 0.3 is 5.82 Å². The predicted molar refractivity (Wildman–Crippen MR) is 96.8 cm³/mol. The Kier molecular flexibility index (Phi) is 2.37. The van der Waals surface area contributed by atoms with E-state index in [-0.39, 0.29) is 0 Å². The van der Waals surface area contributed by atoms with Gasteiger partial charge in [-0.3, -0.25) is 0 Å². The van der Waals surface area contributed by atoms with Gasteiger partial charge in [0.15, 0.2) is 11.2 Å². The summed E-state index contributed by atoms with van der Waals surface area (Å²) < 4.78 is 6.93. The highest BCUT2D eigenvalue weighted by Crippen LogP contribution is 2.34. The van der Waals surface area contributed by atoms with Crippen LogP contribution in [0.5, 0.6) is 0 Å². The van der Waals surface area contributed by atoms with Gasteiger partial charge in [0.1, 0.15) is 12.2 Å². The van der Waals surface area contributed by atoms with Crippen LogP contribution in [-0.2, 0) is 6.54 Å². The zero-order chi connectivity index (χ0) is 16.4. The van der Waals surface area contributed by atoms with E-state index in [4.69, 9.17) is 4.98 Å². The van der Waals surface area contributed by atoms with E-state index in [1.54, 1.807) is 0 Å². The summed E-state index contributed by atoms with van der Waals surface area (Å²) in [5.74, 6) is 1.16. The quantitative estimate of drug-likeness (QED) is 0.425. The fraction of sp³-hybridized carbons (Fsp3) is 0.0476. The molecule has 1 aliphatic heterocycles. The van der Waals surface area contributed by atoms with Crippen molar-refractivity contribution in [1.82, 2.24) is 14.0 Å². The van der Waals surface area contributed by atoms with E-state index in [1.807, 2.05) is 12.3 Å².